The van der Waals surface area contributed by atoms with Crippen molar-refractivity contribution in [3.63, 3.8) is 0 Å². The summed E-state index contributed by atoms with van der Waals surface area (Å²) in [5.41, 5.74) is 10.4. The van der Waals surface area contributed by atoms with Gasteiger partial charge in [-0.05, 0) is 58.1 Å². The normalized spacial score (nSPS) is 11.6. The first-order chi connectivity index (χ1) is 22.3. The van der Waals surface area contributed by atoms with E-state index < -0.39 is 0 Å². The zero-order chi connectivity index (χ0) is 30.5. The molecule has 0 aromatic heterocycles. The zero-order valence-corrected chi connectivity index (χ0v) is 25.2. The molecular formula is C44H35N. The first-order valence-electron chi connectivity index (χ1n) is 15.3. The summed E-state index contributed by atoms with van der Waals surface area (Å²) < 4.78 is 0. The van der Waals surface area contributed by atoms with Crippen molar-refractivity contribution in [1.29, 1.82) is 0 Å². The predicted molar refractivity (Wildman–Crippen MR) is 196 cm³/mol. The maximum atomic E-state index is 2.34. The Morgan fingerprint density at radius 3 is 1.11 bits per heavy atom. The van der Waals surface area contributed by atoms with Crippen molar-refractivity contribution in [2.24, 2.45) is 0 Å². The van der Waals surface area contributed by atoms with Gasteiger partial charge in [0, 0.05) is 16.9 Å². The fraction of sp³-hybridized carbons (Fsp3) is 0. The van der Waals surface area contributed by atoms with Gasteiger partial charge in [0.25, 0.3) is 0 Å². The molecule has 6 rings (SSSR count). The van der Waals surface area contributed by atoms with Gasteiger partial charge in [-0.2, -0.15) is 0 Å². The van der Waals surface area contributed by atoms with Crippen LogP contribution >= 0.6 is 0 Å². The highest BCUT2D eigenvalue weighted by Gasteiger charge is 2.16. The minimum absolute atomic E-state index is 1.10. The van der Waals surface area contributed by atoms with Gasteiger partial charge in [0.15, 0.2) is 0 Å². The molecule has 0 fully saturated rings. The van der Waals surface area contributed by atoms with E-state index in [9.17, 15) is 0 Å². The molecule has 0 spiro atoms. The first kappa shape index (κ1) is 29.2. The van der Waals surface area contributed by atoms with Crippen LogP contribution in [0, 0.1) is 0 Å². The van der Waals surface area contributed by atoms with Gasteiger partial charge in [-0.3, -0.25) is 0 Å². The Hall–Kier alpha value is -5.92. The van der Waals surface area contributed by atoms with Crippen LogP contribution in [0.2, 0.25) is 0 Å². The Kier molecular flexibility index (Phi) is 9.72. The Morgan fingerprint density at radius 1 is 0.311 bits per heavy atom. The molecule has 0 aliphatic rings. The van der Waals surface area contributed by atoms with Gasteiger partial charge in [0.05, 0.1) is 5.69 Å². The van der Waals surface area contributed by atoms with E-state index in [4.69, 9.17) is 0 Å². The molecule has 0 saturated carbocycles. The number of nitrogens with zero attached hydrogens (tertiary/aromatic N) is 1. The number of benzene rings is 6. The van der Waals surface area contributed by atoms with E-state index in [-0.39, 0.29) is 0 Å². The minimum atomic E-state index is 1.10. The van der Waals surface area contributed by atoms with E-state index >= 15 is 0 Å². The van der Waals surface area contributed by atoms with E-state index in [1.54, 1.807) is 0 Å². The number of allylic oxidation sites excluding steroid dienone is 4. The number of rotatable bonds is 10. The monoisotopic (exact) mass is 577 g/mol. The van der Waals surface area contributed by atoms with Crippen molar-refractivity contribution >= 4 is 41.4 Å². The quantitative estimate of drug-likeness (QED) is 0.146. The lowest BCUT2D eigenvalue weighted by Gasteiger charge is -2.28. The summed E-state index contributed by atoms with van der Waals surface area (Å²) in [6.07, 6.45) is 16.9. The van der Waals surface area contributed by atoms with Crippen molar-refractivity contribution in [1.82, 2.24) is 0 Å². The lowest BCUT2D eigenvalue weighted by atomic mass is 10.0. The van der Waals surface area contributed by atoms with E-state index in [1.165, 1.54) is 22.3 Å². The smallest absolute Gasteiger partial charge is 0.0540 e. The highest BCUT2D eigenvalue weighted by Crippen LogP contribution is 2.40. The van der Waals surface area contributed by atoms with Crippen molar-refractivity contribution in [2.75, 3.05) is 4.90 Å². The van der Waals surface area contributed by atoms with Crippen LogP contribution in [-0.4, -0.2) is 0 Å². The molecule has 0 saturated heterocycles. The number of hydrogen-bond acceptors (Lipinski definition) is 1. The molecule has 0 N–H and O–H groups in total. The van der Waals surface area contributed by atoms with Crippen LogP contribution in [0.1, 0.15) is 22.3 Å². The summed E-state index contributed by atoms with van der Waals surface area (Å²) in [6, 6.07) is 57.4. The topological polar surface area (TPSA) is 3.24 Å². The summed E-state index contributed by atoms with van der Waals surface area (Å²) in [7, 11) is 0. The molecule has 0 radical (unpaired) electrons. The Morgan fingerprint density at radius 2 is 0.667 bits per heavy atom. The molecule has 0 heterocycles. The number of para-hydroxylation sites is 1. The van der Waals surface area contributed by atoms with Crippen LogP contribution in [0.5, 0.6) is 0 Å². The highest BCUT2D eigenvalue weighted by molar-refractivity contribution is 5.88. The van der Waals surface area contributed by atoms with E-state index in [1.807, 2.05) is 12.1 Å². The van der Waals surface area contributed by atoms with Crippen LogP contribution < -0.4 is 4.90 Å². The molecule has 216 valence electrons. The Bertz CT molecular complexity index is 1790. The molecular weight excluding hydrogens is 542 g/mol. The van der Waals surface area contributed by atoms with Gasteiger partial charge < -0.3 is 4.90 Å². The molecule has 6 aromatic carbocycles. The molecule has 0 aliphatic carbocycles. The number of hydrogen-bond donors (Lipinski definition) is 0. The average Bonchev–Trinajstić information content (AvgIpc) is 3.11. The molecule has 1 nitrogen and oxygen atoms in total. The third-order valence-electron chi connectivity index (χ3n) is 7.51. The second-order valence-electron chi connectivity index (χ2n) is 10.7. The van der Waals surface area contributed by atoms with E-state index in [0.29, 0.717) is 0 Å². The molecule has 0 aliphatic heterocycles. The summed E-state index contributed by atoms with van der Waals surface area (Å²) in [4.78, 5) is 2.34. The second-order valence-corrected chi connectivity index (χ2v) is 10.7. The zero-order valence-electron chi connectivity index (χ0n) is 25.2. The lowest BCUT2D eigenvalue weighted by Crippen LogP contribution is -2.11. The predicted octanol–water partition coefficient (Wildman–Crippen LogP) is 12.3. The van der Waals surface area contributed by atoms with Crippen LogP contribution in [0.25, 0.3) is 35.4 Å². The summed E-state index contributed by atoms with van der Waals surface area (Å²) in [5.74, 6) is 0. The maximum Gasteiger partial charge on any atom is 0.0540 e. The summed E-state index contributed by atoms with van der Waals surface area (Å²) in [5, 5.41) is 0. The SMILES string of the molecule is C(/C=C/c1ccc(N(c2ccc(/C=C/C=C/c3ccccc3)cc2)c2ccccc2-c2ccccc2)cc1)=C\c1ccccc1. The second kappa shape index (κ2) is 15.0. The largest absolute Gasteiger partial charge is 0.310 e. The van der Waals surface area contributed by atoms with Gasteiger partial charge in [0.2, 0.25) is 0 Å². The van der Waals surface area contributed by atoms with Crippen molar-refractivity contribution in [3.8, 4) is 11.1 Å². The van der Waals surface area contributed by atoms with Crippen molar-refractivity contribution < 1.29 is 0 Å². The lowest BCUT2D eigenvalue weighted by molar-refractivity contribution is 1.28. The van der Waals surface area contributed by atoms with Crippen LogP contribution in [0.4, 0.5) is 17.1 Å². The van der Waals surface area contributed by atoms with Gasteiger partial charge in [0.1, 0.15) is 0 Å². The van der Waals surface area contributed by atoms with Crippen LogP contribution in [0.15, 0.2) is 188 Å². The Labute approximate surface area is 267 Å². The van der Waals surface area contributed by atoms with Crippen molar-refractivity contribution in [3.05, 3.63) is 210 Å². The molecule has 0 bridgehead atoms. The molecule has 0 amide bonds. The third-order valence-corrected chi connectivity index (χ3v) is 7.51. The first-order valence-corrected chi connectivity index (χ1v) is 15.3. The van der Waals surface area contributed by atoms with Crippen LogP contribution in [-0.2, 0) is 0 Å². The van der Waals surface area contributed by atoms with E-state index in [2.05, 4.69) is 205 Å². The summed E-state index contributed by atoms with van der Waals surface area (Å²) in [6.45, 7) is 0. The Balaban J connectivity index is 1.29. The molecule has 0 atom stereocenters. The van der Waals surface area contributed by atoms with Crippen LogP contribution in [0.3, 0.4) is 0 Å². The standard InChI is InChI=1S/C44H35N/c1-4-16-36(17-5-1)20-10-12-22-38-28-32-41(33-29-38)45(44-27-15-14-26-43(44)40-24-8-3-9-25-40)42-34-30-39(31-35-42)23-13-11-21-37-18-6-2-7-19-37/h1-35H/b20-10+,21-11+,22-12+,23-13+. The molecule has 0 unspecified atom stereocenters. The minimum Gasteiger partial charge on any atom is -0.310 e. The fourth-order valence-corrected chi connectivity index (χ4v) is 5.22. The van der Waals surface area contributed by atoms with Gasteiger partial charge in [-0.15, -0.1) is 0 Å². The highest BCUT2D eigenvalue weighted by atomic mass is 15.1. The average molecular weight is 578 g/mol. The third kappa shape index (κ3) is 7.93. The van der Waals surface area contributed by atoms with Gasteiger partial charge in [-0.1, -0.05) is 182 Å². The molecule has 45 heavy (non-hydrogen) atoms. The molecule has 6 aromatic rings. The van der Waals surface area contributed by atoms with Gasteiger partial charge >= 0.3 is 0 Å². The van der Waals surface area contributed by atoms with Gasteiger partial charge in [-0.25, -0.2) is 0 Å². The fourth-order valence-electron chi connectivity index (χ4n) is 5.22. The van der Waals surface area contributed by atoms with E-state index in [0.717, 1.165) is 28.2 Å². The number of anilines is 3. The van der Waals surface area contributed by atoms with Crippen molar-refractivity contribution in [2.45, 2.75) is 0 Å². The summed E-state index contributed by atoms with van der Waals surface area (Å²) >= 11 is 0. The maximum absolute atomic E-state index is 2.34. The molecule has 1 heteroatoms.